The van der Waals surface area contributed by atoms with E-state index in [4.69, 9.17) is 5.73 Å². The number of benzene rings is 2. The summed E-state index contributed by atoms with van der Waals surface area (Å²) in [5.74, 6) is 0.818. The first-order chi connectivity index (χ1) is 10.6. The molecule has 0 amide bonds. The van der Waals surface area contributed by atoms with Gasteiger partial charge in [-0.15, -0.1) is 0 Å². The van der Waals surface area contributed by atoms with Crippen molar-refractivity contribution in [2.45, 2.75) is 19.8 Å². The highest BCUT2D eigenvalue weighted by molar-refractivity contribution is 5.94. The number of carbonyl (C=O) groups is 1. The van der Waals surface area contributed by atoms with E-state index < -0.39 is 0 Å². The van der Waals surface area contributed by atoms with E-state index >= 15 is 0 Å². The average molecular weight is 291 g/mol. The molecule has 4 nitrogen and oxygen atoms in total. The molecule has 0 radical (unpaired) electrons. The number of hydrogen-bond donors (Lipinski definition) is 1. The molecule has 4 heteroatoms. The van der Waals surface area contributed by atoms with E-state index in [-0.39, 0.29) is 11.8 Å². The summed E-state index contributed by atoms with van der Waals surface area (Å²) in [4.78, 5) is 17.5. The number of carbonyl (C=O) groups excluding carboxylic acids is 1. The van der Waals surface area contributed by atoms with Gasteiger partial charge < -0.3 is 5.73 Å². The fourth-order valence-electron chi connectivity index (χ4n) is 3.41. The zero-order valence-electron chi connectivity index (χ0n) is 12.4. The zero-order chi connectivity index (χ0) is 15.3. The summed E-state index contributed by atoms with van der Waals surface area (Å²) in [5, 5.41) is 0. The van der Waals surface area contributed by atoms with Crippen LogP contribution >= 0.6 is 0 Å². The van der Waals surface area contributed by atoms with E-state index in [1.807, 2.05) is 37.3 Å². The summed E-state index contributed by atoms with van der Waals surface area (Å²) in [7, 11) is 0. The summed E-state index contributed by atoms with van der Waals surface area (Å²) < 4.78 is 1.72. The minimum Gasteiger partial charge on any atom is -0.399 e. The molecule has 0 unspecified atom stereocenters. The Labute approximate surface area is 128 Å². The van der Waals surface area contributed by atoms with E-state index in [1.165, 1.54) is 11.1 Å². The molecule has 1 heterocycles. The van der Waals surface area contributed by atoms with Crippen molar-refractivity contribution in [1.29, 1.82) is 0 Å². The van der Waals surface area contributed by atoms with E-state index in [9.17, 15) is 4.79 Å². The molecular formula is C18H17N3O. The SMILES string of the molecule is Cc1nc2ccc(N)cc2n1C(=O)C1Cc2ccccc2C1. The van der Waals surface area contributed by atoms with Crippen molar-refractivity contribution in [3.63, 3.8) is 0 Å². The smallest absolute Gasteiger partial charge is 0.236 e. The van der Waals surface area contributed by atoms with Gasteiger partial charge in [-0.05, 0) is 49.1 Å². The molecule has 2 aromatic carbocycles. The fraction of sp³-hybridized carbons (Fsp3) is 0.222. The Bertz CT molecular complexity index is 869. The zero-order valence-corrected chi connectivity index (χ0v) is 12.4. The largest absolute Gasteiger partial charge is 0.399 e. The van der Waals surface area contributed by atoms with Crippen molar-refractivity contribution >= 4 is 22.6 Å². The van der Waals surface area contributed by atoms with Crippen molar-refractivity contribution in [1.82, 2.24) is 9.55 Å². The Balaban J connectivity index is 1.75. The van der Waals surface area contributed by atoms with Gasteiger partial charge in [0.1, 0.15) is 5.82 Å². The average Bonchev–Trinajstić information content (AvgIpc) is 3.06. The first-order valence-electron chi connectivity index (χ1n) is 7.49. The Kier molecular flexibility index (Phi) is 2.79. The molecule has 1 aliphatic carbocycles. The van der Waals surface area contributed by atoms with Gasteiger partial charge in [0.2, 0.25) is 5.91 Å². The van der Waals surface area contributed by atoms with Gasteiger partial charge in [-0.2, -0.15) is 0 Å². The molecule has 4 rings (SSSR count). The molecule has 110 valence electrons. The monoisotopic (exact) mass is 291 g/mol. The van der Waals surface area contributed by atoms with Crippen LogP contribution in [0.5, 0.6) is 0 Å². The van der Waals surface area contributed by atoms with Gasteiger partial charge in [-0.1, -0.05) is 24.3 Å². The topological polar surface area (TPSA) is 60.9 Å². The maximum atomic E-state index is 13.0. The van der Waals surface area contributed by atoms with Crippen LogP contribution in [0.3, 0.4) is 0 Å². The van der Waals surface area contributed by atoms with Crippen LogP contribution in [0.4, 0.5) is 5.69 Å². The highest BCUT2D eigenvalue weighted by Gasteiger charge is 2.29. The van der Waals surface area contributed by atoms with Crippen LogP contribution in [-0.2, 0) is 12.8 Å². The van der Waals surface area contributed by atoms with Gasteiger partial charge >= 0.3 is 0 Å². The highest BCUT2D eigenvalue weighted by Crippen LogP contribution is 2.29. The minimum absolute atomic E-state index is 0.0186. The summed E-state index contributed by atoms with van der Waals surface area (Å²) in [6.45, 7) is 1.87. The number of nitrogen functional groups attached to an aromatic ring is 1. The molecule has 0 bridgehead atoms. The third-order valence-electron chi connectivity index (χ3n) is 4.47. The third kappa shape index (κ3) is 1.91. The van der Waals surface area contributed by atoms with Crippen molar-refractivity contribution < 1.29 is 4.79 Å². The standard InChI is InChI=1S/C18H17N3O/c1-11-20-16-7-6-15(19)10-17(16)21(11)18(22)14-8-12-4-2-3-5-13(12)9-14/h2-7,10,14H,8-9,19H2,1H3. The van der Waals surface area contributed by atoms with Crippen LogP contribution in [0.25, 0.3) is 11.0 Å². The predicted octanol–water partition coefficient (Wildman–Crippen LogP) is 2.98. The van der Waals surface area contributed by atoms with Gasteiger partial charge in [0, 0.05) is 11.6 Å². The fourth-order valence-corrected chi connectivity index (χ4v) is 3.41. The lowest BCUT2D eigenvalue weighted by Crippen LogP contribution is -2.23. The van der Waals surface area contributed by atoms with Gasteiger partial charge in [0.15, 0.2) is 0 Å². The normalized spacial score (nSPS) is 14.4. The molecule has 1 aliphatic rings. The number of imidazole rings is 1. The number of aryl methyl sites for hydroxylation is 1. The summed E-state index contributed by atoms with van der Waals surface area (Å²) in [6, 6.07) is 13.8. The van der Waals surface area contributed by atoms with Crippen LogP contribution in [0, 0.1) is 12.8 Å². The molecular weight excluding hydrogens is 274 g/mol. The summed E-state index contributed by atoms with van der Waals surface area (Å²) >= 11 is 0. The maximum absolute atomic E-state index is 13.0. The first kappa shape index (κ1) is 13.1. The van der Waals surface area contributed by atoms with E-state index in [1.54, 1.807) is 4.57 Å². The molecule has 22 heavy (non-hydrogen) atoms. The lowest BCUT2D eigenvalue weighted by atomic mass is 10.1. The Morgan fingerprint density at radius 3 is 2.55 bits per heavy atom. The highest BCUT2D eigenvalue weighted by atomic mass is 16.2. The Morgan fingerprint density at radius 2 is 1.86 bits per heavy atom. The molecule has 0 atom stereocenters. The minimum atomic E-state index is -0.0186. The molecule has 0 fully saturated rings. The quantitative estimate of drug-likeness (QED) is 0.701. The van der Waals surface area contributed by atoms with Crippen molar-refractivity contribution in [2.75, 3.05) is 5.73 Å². The van der Waals surface area contributed by atoms with Crippen LogP contribution < -0.4 is 5.73 Å². The summed E-state index contributed by atoms with van der Waals surface area (Å²) in [6.07, 6.45) is 1.60. The number of aromatic nitrogens is 2. The maximum Gasteiger partial charge on any atom is 0.236 e. The summed E-state index contributed by atoms with van der Waals surface area (Å²) in [5.41, 5.74) is 10.7. The second kappa shape index (κ2) is 4.70. The molecule has 1 aromatic heterocycles. The van der Waals surface area contributed by atoms with Gasteiger partial charge in [-0.25, -0.2) is 4.98 Å². The number of anilines is 1. The van der Waals surface area contributed by atoms with Crippen LogP contribution in [0.15, 0.2) is 42.5 Å². The van der Waals surface area contributed by atoms with Gasteiger partial charge in [-0.3, -0.25) is 9.36 Å². The Hall–Kier alpha value is -2.62. The van der Waals surface area contributed by atoms with E-state index in [0.29, 0.717) is 5.69 Å². The molecule has 0 saturated heterocycles. The number of nitrogens with zero attached hydrogens (tertiary/aromatic N) is 2. The van der Waals surface area contributed by atoms with Gasteiger partial charge in [0.05, 0.1) is 11.0 Å². The lowest BCUT2D eigenvalue weighted by molar-refractivity contribution is 0.0842. The van der Waals surface area contributed by atoms with Crippen molar-refractivity contribution in [3.05, 3.63) is 59.4 Å². The van der Waals surface area contributed by atoms with Crippen LogP contribution in [-0.4, -0.2) is 15.5 Å². The third-order valence-corrected chi connectivity index (χ3v) is 4.47. The molecule has 0 aliphatic heterocycles. The number of rotatable bonds is 1. The van der Waals surface area contributed by atoms with Gasteiger partial charge in [0.25, 0.3) is 0 Å². The molecule has 2 N–H and O–H groups in total. The molecule has 3 aromatic rings. The Morgan fingerprint density at radius 1 is 1.18 bits per heavy atom. The van der Waals surface area contributed by atoms with Crippen molar-refractivity contribution in [2.24, 2.45) is 5.92 Å². The number of hydrogen-bond acceptors (Lipinski definition) is 3. The second-order valence-corrected chi connectivity index (χ2v) is 5.95. The van der Waals surface area contributed by atoms with Crippen molar-refractivity contribution in [3.8, 4) is 0 Å². The van der Waals surface area contributed by atoms with E-state index in [2.05, 4.69) is 17.1 Å². The predicted molar refractivity (Wildman–Crippen MR) is 86.8 cm³/mol. The van der Waals surface area contributed by atoms with E-state index in [0.717, 1.165) is 29.7 Å². The first-order valence-corrected chi connectivity index (χ1v) is 7.49. The number of nitrogens with two attached hydrogens (primary N) is 1. The molecule has 0 spiro atoms. The van der Waals surface area contributed by atoms with Crippen LogP contribution in [0.1, 0.15) is 21.7 Å². The molecule has 0 saturated carbocycles. The lowest BCUT2D eigenvalue weighted by Gasteiger charge is -2.11. The number of fused-ring (bicyclic) bond motifs is 2. The van der Waals surface area contributed by atoms with Crippen LogP contribution in [0.2, 0.25) is 0 Å². The second-order valence-electron chi connectivity index (χ2n) is 5.95.